The van der Waals surface area contributed by atoms with Crippen LogP contribution < -0.4 is 5.32 Å². The van der Waals surface area contributed by atoms with Crippen LogP contribution in [0.5, 0.6) is 0 Å². The van der Waals surface area contributed by atoms with Gasteiger partial charge in [-0.15, -0.1) is 0 Å². The van der Waals surface area contributed by atoms with Crippen LogP contribution in [0.15, 0.2) is 40.8 Å². The van der Waals surface area contributed by atoms with Crippen LogP contribution in [0.3, 0.4) is 0 Å². The van der Waals surface area contributed by atoms with Gasteiger partial charge in [-0.1, -0.05) is 19.1 Å². The lowest BCUT2D eigenvalue weighted by molar-refractivity contribution is -0.117. The van der Waals surface area contributed by atoms with Gasteiger partial charge in [0, 0.05) is 38.6 Å². The Morgan fingerprint density at radius 2 is 1.87 bits per heavy atom. The summed E-state index contributed by atoms with van der Waals surface area (Å²) in [6.07, 6.45) is 2.61. The summed E-state index contributed by atoms with van der Waals surface area (Å²) in [7, 11) is -0.553. The van der Waals surface area contributed by atoms with Gasteiger partial charge < -0.3 is 9.88 Å². The quantitative estimate of drug-likeness (QED) is 0.516. The zero-order chi connectivity index (χ0) is 22.5. The standard InChI is InChI=1S/C22H28N4O3S/c1-6-11-26-16(2)12-19(17(26)3)13-20(14-23)22(27)24-15-18-7-9-21(10-8-18)30(28,29)25(4)5/h7-10,12-13H,6,11,15H2,1-5H3,(H,24,27)/b20-13+. The van der Waals surface area contributed by atoms with E-state index in [-0.39, 0.29) is 17.0 Å². The minimum atomic E-state index is -3.50. The lowest BCUT2D eigenvalue weighted by Crippen LogP contribution is -2.24. The molecule has 1 heterocycles. The largest absolute Gasteiger partial charge is 0.349 e. The molecule has 7 nitrogen and oxygen atoms in total. The Morgan fingerprint density at radius 3 is 2.40 bits per heavy atom. The molecule has 8 heteroatoms. The Labute approximate surface area is 178 Å². The maximum Gasteiger partial charge on any atom is 0.262 e. The van der Waals surface area contributed by atoms with Gasteiger partial charge >= 0.3 is 0 Å². The van der Waals surface area contributed by atoms with Crippen molar-refractivity contribution in [3.05, 3.63) is 58.4 Å². The first-order chi connectivity index (χ1) is 14.1. The molecular weight excluding hydrogens is 400 g/mol. The zero-order valence-corrected chi connectivity index (χ0v) is 18.9. The van der Waals surface area contributed by atoms with Crippen LogP contribution in [0.2, 0.25) is 0 Å². The molecule has 160 valence electrons. The fourth-order valence-electron chi connectivity index (χ4n) is 3.11. The van der Waals surface area contributed by atoms with Crippen molar-refractivity contribution in [1.29, 1.82) is 5.26 Å². The Hall–Kier alpha value is -2.89. The number of hydrogen-bond donors (Lipinski definition) is 1. The number of carbonyl (C=O) groups is 1. The summed E-state index contributed by atoms with van der Waals surface area (Å²) < 4.78 is 27.5. The third-order valence-electron chi connectivity index (χ3n) is 4.88. The molecule has 1 N–H and O–H groups in total. The second-order valence-corrected chi connectivity index (χ2v) is 9.41. The lowest BCUT2D eigenvalue weighted by Gasteiger charge is -2.12. The maximum absolute atomic E-state index is 12.5. The molecule has 0 bridgehead atoms. The monoisotopic (exact) mass is 428 g/mol. The number of nitrogens with zero attached hydrogens (tertiary/aromatic N) is 3. The predicted molar refractivity (Wildman–Crippen MR) is 117 cm³/mol. The molecular formula is C22H28N4O3S. The van der Waals surface area contributed by atoms with Crippen molar-refractivity contribution in [2.45, 2.75) is 45.2 Å². The first-order valence-electron chi connectivity index (χ1n) is 9.70. The molecule has 0 atom stereocenters. The number of hydrogen-bond acceptors (Lipinski definition) is 4. The fraction of sp³-hybridized carbons (Fsp3) is 0.364. The molecule has 0 saturated carbocycles. The highest BCUT2D eigenvalue weighted by Gasteiger charge is 2.17. The minimum Gasteiger partial charge on any atom is -0.349 e. The Kier molecular flexibility index (Phi) is 7.59. The number of sulfonamides is 1. The van der Waals surface area contributed by atoms with Gasteiger partial charge in [0.2, 0.25) is 10.0 Å². The molecule has 0 aliphatic heterocycles. The van der Waals surface area contributed by atoms with Crippen molar-refractivity contribution in [2.75, 3.05) is 14.1 Å². The van der Waals surface area contributed by atoms with Crippen molar-refractivity contribution in [3.8, 4) is 6.07 Å². The highest BCUT2D eigenvalue weighted by atomic mass is 32.2. The highest BCUT2D eigenvalue weighted by Crippen LogP contribution is 2.19. The van der Waals surface area contributed by atoms with E-state index in [1.807, 2.05) is 26.0 Å². The molecule has 0 unspecified atom stereocenters. The van der Waals surface area contributed by atoms with E-state index in [0.717, 1.165) is 39.8 Å². The first kappa shape index (κ1) is 23.4. The van der Waals surface area contributed by atoms with Gasteiger partial charge in [0.05, 0.1) is 4.90 Å². The van der Waals surface area contributed by atoms with E-state index < -0.39 is 15.9 Å². The SMILES string of the molecule is CCCn1c(C)cc(/C=C(\C#N)C(=O)NCc2ccc(S(=O)(=O)N(C)C)cc2)c1C. The molecule has 2 rings (SSSR count). The van der Waals surface area contributed by atoms with E-state index in [2.05, 4.69) is 16.8 Å². The summed E-state index contributed by atoms with van der Waals surface area (Å²) in [6.45, 7) is 7.16. The summed E-state index contributed by atoms with van der Waals surface area (Å²) in [6, 6.07) is 10.2. The average Bonchev–Trinajstić information content (AvgIpc) is 2.98. The van der Waals surface area contributed by atoms with Crippen molar-refractivity contribution in [1.82, 2.24) is 14.2 Å². The third-order valence-corrected chi connectivity index (χ3v) is 6.71. The lowest BCUT2D eigenvalue weighted by atomic mass is 10.1. The second kappa shape index (κ2) is 9.74. The Balaban J connectivity index is 2.12. The number of aryl methyl sites for hydroxylation is 1. The van der Waals surface area contributed by atoms with Crippen LogP contribution in [0.25, 0.3) is 6.08 Å². The number of benzene rings is 1. The third kappa shape index (κ3) is 5.17. The number of nitrogens with one attached hydrogen (secondary N) is 1. The van der Waals surface area contributed by atoms with Crippen LogP contribution in [-0.4, -0.2) is 37.3 Å². The van der Waals surface area contributed by atoms with Gasteiger partial charge in [-0.05, 0) is 55.7 Å². The van der Waals surface area contributed by atoms with Crippen LogP contribution in [0, 0.1) is 25.2 Å². The Morgan fingerprint density at radius 1 is 1.23 bits per heavy atom. The van der Waals surface area contributed by atoms with Crippen molar-refractivity contribution < 1.29 is 13.2 Å². The molecule has 0 spiro atoms. The van der Waals surface area contributed by atoms with Gasteiger partial charge in [-0.2, -0.15) is 5.26 Å². The van der Waals surface area contributed by atoms with Gasteiger partial charge in [-0.25, -0.2) is 12.7 Å². The maximum atomic E-state index is 12.5. The molecule has 0 aliphatic rings. The van der Waals surface area contributed by atoms with Crippen molar-refractivity contribution in [2.24, 2.45) is 0 Å². The van der Waals surface area contributed by atoms with Crippen LogP contribution in [0.1, 0.15) is 35.9 Å². The van der Waals surface area contributed by atoms with Crippen molar-refractivity contribution >= 4 is 22.0 Å². The Bertz CT molecular complexity index is 1090. The molecule has 1 aromatic heterocycles. The van der Waals surface area contributed by atoms with E-state index in [0.29, 0.717) is 0 Å². The normalized spacial score (nSPS) is 12.1. The predicted octanol–water partition coefficient (Wildman–Crippen LogP) is 2.99. The molecule has 1 amide bonds. The minimum absolute atomic E-state index is 0.0264. The van der Waals surface area contributed by atoms with Crippen LogP contribution in [0.4, 0.5) is 0 Å². The number of aromatic nitrogens is 1. The molecule has 0 saturated heterocycles. The number of carbonyl (C=O) groups excluding carboxylic acids is 1. The molecule has 0 aliphatic carbocycles. The summed E-state index contributed by atoms with van der Waals surface area (Å²) in [5.74, 6) is -0.470. The molecule has 30 heavy (non-hydrogen) atoms. The zero-order valence-electron chi connectivity index (χ0n) is 18.1. The average molecular weight is 429 g/mol. The molecule has 0 radical (unpaired) electrons. The van der Waals surface area contributed by atoms with Crippen LogP contribution in [-0.2, 0) is 27.9 Å². The van der Waals surface area contributed by atoms with E-state index in [9.17, 15) is 18.5 Å². The van der Waals surface area contributed by atoms with Gasteiger partial charge in [0.25, 0.3) is 5.91 Å². The van der Waals surface area contributed by atoms with Gasteiger partial charge in [0.15, 0.2) is 0 Å². The first-order valence-corrected chi connectivity index (χ1v) is 11.1. The van der Waals surface area contributed by atoms with Gasteiger partial charge in [0.1, 0.15) is 11.6 Å². The van der Waals surface area contributed by atoms with Gasteiger partial charge in [-0.3, -0.25) is 4.79 Å². The number of rotatable bonds is 8. The summed E-state index contributed by atoms with van der Waals surface area (Å²) >= 11 is 0. The summed E-state index contributed by atoms with van der Waals surface area (Å²) in [5, 5.41) is 12.2. The van der Waals surface area contributed by atoms with Crippen LogP contribution >= 0.6 is 0 Å². The van der Waals surface area contributed by atoms with Crippen molar-refractivity contribution in [3.63, 3.8) is 0 Å². The second-order valence-electron chi connectivity index (χ2n) is 7.26. The topological polar surface area (TPSA) is 95.2 Å². The number of nitriles is 1. The molecule has 1 aromatic carbocycles. The van der Waals surface area contributed by atoms with E-state index in [4.69, 9.17) is 0 Å². The smallest absolute Gasteiger partial charge is 0.262 e. The summed E-state index contributed by atoms with van der Waals surface area (Å²) in [4.78, 5) is 12.7. The summed E-state index contributed by atoms with van der Waals surface area (Å²) in [5.41, 5.74) is 3.72. The molecule has 0 fully saturated rings. The molecule has 2 aromatic rings. The van der Waals surface area contributed by atoms with E-state index in [1.54, 1.807) is 18.2 Å². The highest BCUT2D eigenvalue weighted by molar-refractivity contribution is 7.89. The fourth-order valence-corrected chi connectivity index (χ4v) is 4.01. The van der Waals surface area contributed by atoms with E-state index >= 15 is 0 Å². The van der Waals surface area contributed by atoms with E-state index in [1.165, 1.54) is 26.2 Å². The number of amides is 1.